The van der Waals surface area contributed by atoms with Crippen LogP contribution in [0.15, 0.2) is 11.6 Å². The van der Waals surface area contributed by atoms with Gasteiger partial charge in [-0.2, -0.15) is 0 Å². The molecule has 13 atom stereocenters. The maximum atomic E-state index is 11.5. The molecule has 1 amide bonds. The monoisotopic (exact) mass is 898 g/mol. The lowest BCUT2D eigenvalue weighted by Crippen LogP contribution is -2.64. The summed E-state index contributed by atoms with van der Waals surface area (Å²) in [6, 6.07) is -0.983. The van der Waals surface area contributed by atoms with Crippen LogP contribution in [0.2, 0.25) is 0 Å². The number of amides is 1. The molecule has 1 heterocycles. The molecule has 1 aliphatic heterocycles. The first-order valence-electron chi connectivity index (χ1n) is 24.7. The molecule has 3 saturated carbocycles. The fourth-order valence-electron chi connectivity index (χ4n) is 12.1. The van der Waals surface area contributed by atoms with E-state index in [1.165, 1.54) is 64.7 Å². The summed E-state index contributed by atoms with van der Waals surface area (Å²) in [7, 11) is 0. The molecule has 14 nitrogen and oxygen atoms in total. The number of hydrogen-bond donors (Lipinski definition) is 4. The van der Waals surface area contributed by atoms with E-state index in [1.54, 1.807) is 5.57 Å². The zero-order chi connectivity index (χ0) is 45.2. The van der Waals surface area contributed by atoms with Crippen LogP contribution in [0.1, 0.15) is 112 Å². The fraction of sp³-hybridized carbons (Fsp3) is 0.939. The number of ether oxygens (including phenoxy) is 9. The number of aliphatic hydroxyl groups is 3. The number of allylic oxidation sites excluding steroid dienone is 1. The highest BCUT2D eigenvalue weighted by atomic mass is 16.7. The molecule has 5 aliphatic rings. The second-order valence-electron chi connectivity index (χ2n) is 20.0. The number of carbonyl (C=O) groups excluding carboxylic acids is 1. The van der Waals surface area contributed by atoms with Crippen molar-refractivity contribution in [1.82, 2.24) is 5.32 Å². The lowest BCUT2D eigenvalue weighted by Gasteiger charge is -2.58. The molecule has 0 bridgehead atoms. The van der Waals surface area contributed by atoms with Gasteiger partial charge in [0, 0.05) is 6.92 Å². The van der Waals surface area contributed by atoms with E-state index in [-0.39, 0.29) is 13.2 Å². The van der Waals surface area contributed by atoms with Crippen LogP contribution in [-0.4, -0.2) is 157 Å². The Kier molecular flexibility index (Phi) is 22.5. The quantitative estimate of drug-likeness (QED) is 0.0529. The topological polar surface area (TPSA) is 173 Å². The van der Waals surface area contributed by atoms with Crippen molar-refractivity contribution in [2.24, 2.45) is 46.3 Å². The van der Waals surface area contributed by atoms with Crippen LogP contribution in [0, 0.1) is 46.3 Å². The predicted octanol–water partition coefficient (Wildman–Crippen LogP) is 5.47. The molecular weight excluding hydrogens is 811 g/mol. The molecule has 63 heavy (non-hydrogen) atoms. The minimum atomic E-state index is -1.36. The van der Waals surface area contributed by atoms with E-state index < -0.39 is 43.2 Å². The van der Waals surface area contributed by atoms with Gasteiger partial charge in [-0.1, -0.05) is 65.5 Å². The van der Waals surface area contributed by atoms with Crippen molar-refractivity contribution in [3.05, 3.63) is 11.6 Å². The third-order valence-electron chi connectivity index (χ3n) is 15.5. The Bertz CT molecular complexity index is 1340. The molecular formula is C49H87NO13. The first-order chi connectivity index (χ1) is 30.4. The maximum absolute atomic E-state index is 11.5. The van der Waals surface area contributed by atoms with E-state index in [1.807, 2.05) is 0 Å². The van der Waals surface area contributed by atoms with Gasteiger partial charge in [-0.3, -0.25) is 4.79 Å². The Hall–Kier alpha value is -1.27. The van der Waals surface area contributed by atoms with Gasteiger partial charge in [0.2, 0.25) is 5.91 Å². The van der Waals surface area contributed by atoms with Crippen LogP contribution < -0.4 is 5.32 Å². The first-order valence-corrected chi connectivity index (χ1v) is 24.7. The van der Waals surface area contributed by atoms with Crippen molar-refractivity contribution in [3.63, 3.8) is 0 Å². The summed E-state index contributed by atoms with van der Waals surface area (Å²) in [5.41, 5.74) is 2.58. The summed E-state index contributed by atoms with van der Waals surface area (Å²) in [5, 5.41) is 32.3. The SMILES string of the molecule is CC(=O)N[C@H]1[C@H](OCCOCCOCCOCCOCCOCCOCCO[C@H]2CC[C@@]3(C)C(=CC[C@H]4[C@@H]5CC[C@H]([C@H](C)CCCC(C)C)[C@@]5(C)CC[C@@H]43)C2)O[C@H](CO)[C@@H](O)[C@@H]1O. The van der Waals surface area contributed by atoms with E-state index in [0.29, 0.717) is 96.2 Å². The smallest absolute Gasteiger partial charge is 0.217 e. The molecule has 366 valence electrons. The minimum Gasteiger partial charge on any atom is -0.394 e. The van der Waals surface area contributed by atoms with Gasteiger partial charge in [0.1, 0.15) is 24.4 Å². The summed E-state index contributed by atoms with van der Waals surface area (Å²) in [5.74, 6) is 4.80. The fourth-order valence-corrected chi connectivity index (χ4v) is 12.1. The summed E-state index contributed by atoms with van der Waals surface area (Å²) in [4.78, 5) is 11.5. The highest BCUT2D eigenvalue weighted by Crippen LogP contribution is 2.67. The normalized spacial score (nSPS) is 34.6. The summed E-state index contributed by atoms with van der Waals surface area (Å²) in [6.45, 7) is 19.5. The molecule has 0 aromatic heterocycles. The molecule has 0 aromatic rings. The van der Waals surface area contributed by atoms with Crippen molar-refractivity contribution < 1.29 is 62.7 Å². The van der Waals surface area contributed by atoms with E-state index in [2.05, 4.69) is 46.0 Å². The molecule has 14 heteroatoms. The number of rotatable bonds is 30. The minimum absolute atomic E-state index is 0.109. The molecule has 0 aromatic carbocycles. The summed E-state index contributed by atoms with van der Waals surface area (Å²) in [6.07, 6.45) is 12.9. The number of hydrogen-bond acceptors (Lipinski definition) is 13. The zero-order valence-electron chi connectivity index (χ0n) is 39.8. The van der Waals surface area contributed by atoms with Gasteiger partial charge in [-0.15, -0.1) is 0 Å². The largest absolute Gasteiger partial charge is 0.394 e. The van der Waals surface area contributed by atoms with E-state index in [4.69, 9.17) is 42.6 Å². The lowest BCUT2D eigenvalue weighted by molar-refractivity contribution is -0.272. The Labute approximate surface area is 379 Å². The Morgan fingerprint density at radius 3 is 1.87 bits per heavy atom. The highest BCUT2D eigenvalue weighted by Gasteiger charge is 2.59. The van der Waals surface area contributed by atoms with Crippen molar-refractivity contribution in [2.75, 3.05) is 99.1 Å². The van der Waals surface area contributed by atoms with Crippen molar-refractivity contribution in [3.8, 4) is 0 Å². The molecule has 4 fully saturated rings. The van der Waals surface area contributed by atoms with Crippen LogP contribution in [-0.2, 0) is 47.4 Å². The van der Waals surface area contributed by atoms with E-state index in [0.717, 1.165) is 48.3 Å². The third kappa shape index (κ3) is 15.1. The Balaban J connectivity index is 0.801. The third-order valence-corrected chi connectivity index (χ3v) is 15.5. The predicted molar refractivity (Wildman–Crippen MR) is 239 cm³/mol. The van der Waals surface area contributed by atoms with Gasteiger partial charge in [-0.05, 0) is 97.7 Å². The van der Waals surface area contributed by atoms with Crippen molar-refractivity contribution in [2.45, 2.75) is 149 Å². The van der Waals surface area contributed by atoms with Gasteiger partial charge in [-0.25, -0.2) is 0 Å². The second kappa shape index (κ2) is 26.9. The van der Waals surface area contributed by atoms with Gasteiger partial charge in [0.05, 0.1) is 105 Å². The average Bonchev–Trinajstić information content (AvgIpc) is 3.62. The summed E-state index contributed by atoms with van der Waals surface area (Å²) >= 11 is 0. The van der Waals surface area contributed by atoms with Crippen LogP contribution in [0.3, 0.4) is 0 Å². The van der Waals surface area contributed by atoms with Crippen molar-refractivity contribution in [1.29, 1.82) is 0 Å². The van der Waals surface area contributed by atoms with Crippen molar-refractivity contribution >= 4 is 5.91 Å². The molecule has 4 N–H and O–H groups in total. The Morgan fingerprint density at radius 1 is 0.746 bits per heavy atom. The van der Waals surface area contributed by atoms with Crippen LogP contribution >= 0.6 is 0 Å². The van der Waals surface area contributed by atoms with Gasteiger partial charge >= 0.3 is 0 Å². The molecule has 0 spiro atoms. The van der Waals surface area contributed by atoms with E-state index >= 15 is 0 Å². The molecule has 0 radical (unpaired) electrons. The number of fused-ring (bicyclic) bond motifs is 5. The molecule has 1 saturated heterocycles. The standard InChI is InChI=1S/C49H87NO13/c1-34(2)8-7-9-35(3)40-12-13-41-39-11-10-37-32-38(14-16-48(37,5)42(39)15-17-49(40,41)6)61-30-28-59-26-24-57-22-20-55-18-19-56-21-23-58-25-27-60-29-31-62-47-44(50-36(4)52)46(54)45(53)43(33-51)63-47/h10,34-35,38-47,51,53-54H,7-9,11-33H2,1-6H3,(H,50,52)/t35-,38+,39+,40-,41+,42+,43-,44-,45-,46-,47-,48+,49-/m1/s1. The molecule has 5 rings (SSSR count). The molecule has 0 unspecified atom stereocenters. The maximum Gasteiger partial charge on any atom is 0.217 e. The average molecular weight is 898 g/mol. The Morgan fingerprint density at radius 2 is 1.32 bits per heavy atom. The van der Waals surface area contributed by atoms with Gasteiger partial charge < -0.3 is 63.3 Å². The number of nitrogens with one attached hydrogen (secondary N) is 1. The highest BCUT2D eigenvalue weighted by molar-refractivity contribution is 5.73. The van der Waals surface area contributed by atoms with Gasteiger partial charge in [0.25, 0.3) is 0 Å². The first kappa shape index (κ1) is 52.7. The van der Waals surface area contributed by atoms with Gasteiger partial charge in [0.15, 0.2) is 6.29 Å². The van der Waals surface area contributed by atoms with Crippen LogP contribution in [0.4, 0.5) is 0 Å². The summed E-state index contributed by atoms with van der Waals surface area (Å²) < 4.78 is 51.1. The second-order valence-corrected chi connectivity index (χ2v) is 20.0. The zero-order valence-corrected chi connectivity index (χ0v) is 39.8. The number of aliphatic hydroxyl groups excluding tert-OH is 3. The molecule has 4 aliphatic carbocycles. The van der Waals surface area contributed by atoms with Crippen LogP contribution in [0.5, 0.6) is 0 Å². The van der Waals surface area contributed by atoms with E-state index in [9.17, 15) is 20.1 Å². The number of carbonyl (C=O) groups is 1. The lowest BCUT2D eigenvalue weighted by atomic mass is 9.47. The van der Waals surface area contributed by atoms with Crippen LogP contribution in [0.25, 0.3) is 0 Å².